The van der Waals surface area contributed by atoms with E-state index in [0.717, 1.165) is 18.8 Å². The summed E-state index contributed by atoms with van der Waals surface area (Å²) >= 11 is 0. The van der Waals surface area contributed by atoms with Crippen molar-refractivity contribution in [1.29, 1.82) is 0 Å². The highest BCUT2D eigenvalue weighted by molar-refractivity contribution is 5.48. The Hall–Kier alpha value is -1.85. The van der Waals surface area contributed by atoms with Crippen molar-refractivity contribution in [2.75, 3.05) is 11.9 Å². The zero-order valence-corrected chi connectivity index (χ0v) is 9.40. The molecule has 0 aliphatic carbocycles. The van der Waals surface area contributed by atoms with E-state index in [1.54, 1.807) is 6.07 Å². The molecule has 2 rings (SSSR count). The van der Waals surface area contributed by atoms with Gasteiger partial charge in [-0.2, -0.15) is 5.10 Å². The molecule has 0 radical (unpaired) electrons. The lowest BCUT2D eigenvalue weighted by Crippen LogP contribution is -2.13. The van der Waals surface area contributed by atoms with Crippen LogP contribution in [0.5, 0.6) is 0 Å². The number of nitrogens with zero attached hydrogens (tertiary/aromatic N) is 3. The number of anilines is 1. The van der Waals surface area contributed by atoms with Gasteiger partial charge in [0.1, 0.15) is 12.1 Å². The fourth-order valence-corrected chi connectivity index (χ4v) is 1.33. The van der Waals surface area contributed by atoms with E-state index in [1.807, 2.05) is 0 Å². The first-order valence-electron chi connectivity index (χ1n) is 5.37. The van der Waals surface area contributed by atoms with E-state index in [1.165, 1.54) is 10.7 Å². The minimum Gasteiger partial charge on any atom is -0.370 e. The summed E-state index contributed by atoms with van der Waals surface area (Å²) in [5.41, 5.74) is 0.308. The molecule has 86 valence electrons. The van der Waals surface area contributed by atoms with Crippen LogP contribution in [0.25, 0.3) is 5.65 Å². The molecule has 2 heterocycles. The van der Waals surface area contributed by atoms with Crippen LogP contribution in [0.4, 0.5) is 5.82 Å². The van der Waals surface area contributed by atoms with E-state index in [0.29, 0.717) is 11.6 Å². The highest BCUT2D eigenvalue weighted by Gasteiger charge is 2.03. The number of hydrogen-bond donors (Lipinski definition) is 2. The van der Waals surface area contributed by atoms with Crippen LogP contribution < -0.4 is 11.0 Å². The molecule has 2 aromatic rings. The highest BCUT2D eigenvalue weighted by atomic mass is 16.1. The first-order chi connectivity index (χ1) is 7.70. The number of H-pyrrole nitrogens is 1. The number of hydrogen-bond acceptors (Lipinski definition) is 4. The van der Waals surface area contributed by atoms with Gasteiger partial charge in [-0.25, -0.2) is 19.3 Å². The number of aromatic nitrogens is 4. The summed E-state index contributed by atoms with van der Waals surface area (Å²) in [6.07, 6.45) is 2.59. The highest BCUT2D eigenvalue weighted by Crippen LogP contribution is 2.06. The summed E-state index contributed by atoms with van der Waals surface area (Å²) in [6, 6.07) is 1.75. The molecule has 2 aromatic heterocycles. The van der Waals surface area contributed by atoms with Crippen LogP contribution >= 0.6 is 0 Å². The second-order valence-electron chi connectivity index (χ2n) is 3.93. The molecule has 0 saturated carbocycles. The molecule has 0 fully saturated rings. The zero-order chi connectivity index (χ0) is 11.5. The summed E-state index contributed by atoms with van der Waals surface area (Å²) < 4.78 is 1.37. The van der Waals surface area contributed by atoms with Crippen molar-refractivity contribution in [3.8, 4) is 0 Å². The van der Waals surface area contributed by atoms with Gasteiger partial charge in [-0.3, -0.25) is 0 Å². The van der Waals surface area contributed by atoms with Crippen molar-refractivity contribution in [3.05, 3.63) is 22.9 Å². The first kappa shape index (κ1) is 10.7. The van der Waals surface area contributed by atoms with Crippen LogP contribution in [0.1, 0.15) is 20.3 Å². The second kappa shape index (κ2) is 4.34. The standard InChI is InChI=1S/C10H15N5O/c1-3-7(2)5-11-8-4-9-13-14-10(16)15(9)6-12-8/h4,6-7,11H,3,5H2,1-2H3,(H,14,16). The van der Waals surface area contributed by atoms with Gasteiger partial charge in [-0.15, -0.1) is 0 Å². The summed E-state index contributed by atoms with van der Waals surface area (Å²) in [5, 5.41) is 9.46. The minimum atomic E-state index is -0.268. The van der Waals surface area contributed by atoms with Gasteiger partial charge < -0.3 is 5.32 Å². The Kier molecular flexibility index (Phi) is 2.89. The fourth-order valence-electron chi connectivity index (χ4n) is 1.33. The van der Waals surface area contributed by atoms with Crippen molar-refractivity contribution >= 4 is 11.5 Å². The van der Waals surface area contributed by atoms with Gasteiger partial charge in [-0.1, -0.05) is 20.3 Å². The van der Waals surface area contributed by atoms with E-state index >= 15 is 0 Å². The van der Waals surface area contributed by atoms with Crippen LogP contribution in [-0.2, 0) is 0 Å². The van der Waals surface area contributed by atoms with Crippen molar-refractivity contribution in [1.82, 2.24) is 19.6 Å². The molecule has 0 saturated heterocycles. The van der Waals surface area contributed by atoms with Gasteiger partial charge in [0.05, 0.1) is 0 Å². The maximum absolute atomic E-state index is 11.2. The third-order valence-electron chi connectivity index (χ3n) is 2.64. The van der Waals surface area contributed by atoms with Gasteiger partial charge in [0.15, 0.2) is 5.65 Å². The van der Waals surface area contributed by atoms with Crippen LogP contribution in [0, 0.1) is 5.92 Å². The average molecular weight is 221 g/mol. The van der Waals surface area contributed by atoms with Gasteiger partial charge in [0.25, 0.3) is 0 Å². The molecule has 6 nitrogen and oxygen atoms in total. The molecule has 1 atom stereocenters. The van der Waals surface area contributed by atoms with Gasteiger partial charge in [0.2, 0.25) is 0 Å². The molecule has 0 aromatic carbocycles. The smallest absolute Gasteiger partial charge is 0.348 e. The Morgan fingerprint density at radius 3 is 3.19 bits per heavy atom. The molecule has 2 N–H and O–H groups in total. The maximum Gasteiger partial charge on any atom is 0.348 e. The summed E-state index contributed by atoms with van der Waals surface area (Å²) in [7, 11) is 0. The SMILES string of the molecule is CCC(C)CNc1cc2n[nH]c(=O)n2cn1. The van der Waals surface area contributed by atoms with E-state index in [-0.39, 0.29) is 5.69 Å². The van der Waals surface area contributed by atoms with E-state index < -0.39 is 0 Å². The van der Waals surface area contributed by atoms with E-state index in [4.69, 9.17) is 0 Å². The van der Waals surface area contributed by atoms with Gasteiger partial charge in [-0.05, 0) is 5.92 Å². The predicted molar refractivity (Wildman–Crippen MR) is 61.6 cm³/mol. The maximum atomic E-state index is 11.2. The number of aromatic amines is 1. The third-order valence-corrected chi connectivity index (χ3v) is 2.64. The summed E-state index contributed by atoms with van der Waals surface area (Å²) in [6.45, 7) is 5.19. The Bertz CT molecular complexity index is 529. The lowest BCUT2D eigenvalue weighted by molar-refractivity contribution is 0.592. The van der Waals surface area contributed by atoms with Crippen molar-refractivity contribution in [3.63, 3.8) is 0 Å². The second-order valence-corrected chi connectivity index (χ2v) is 3.93. The Balaban J connectivity index is 2.17. The van der Waals surface area contributed by atoms with Crippen LogP contribution in [0.15, 0.2) is 17.2 Å². The van der Waals surface area contributed by atoms with Crippen LogP contribution in [-0.4, -0.2) is 26.1 Å². The predicted octanol–water partition coefficient (Wildman–Crippen LogP) is 0.876. The summed E-state index contributed by atoms with van der Waals surface area (Å²) in [5.74, 6) is 1.34. The monoisotopic (exact) mass is 221 g/mol. The molecule has 16 heavy (non-hydrogen) atoms. The van der Waals surface area contributed by atoms with Gasteiger partial charge in [0, 0.05) is 12.6 Å². The largest absolute Gasteiger partial charge is 0.370 e. The Morgan fingerprint density at radius 2 is 2.44 bits per heavy atom. The molecule has 0 amide bonds. The van der Waals surface area contributed by atoms with E-state index in [2.05, 4.69) is 34.3 Å². The van der Waals surface area contributed by atoms with Crippen molar-refractivity contribution in [2.24, 2.45) is 5.92 Å². The topological polar surface area (TPSA) is 75.1 Å². The quantitative estimate of drug-likeness (QED) is 0.803. The normalized spacial score (nSPS) is 12.9. The molecule has 0 aliphatic rings. The zero-order valence-electron chi connectivity index (χ0n) is 9.40. The number of fused-ring (bicyclic) bond motifs is 1. The molecule has 0 aliphatic heterocycles. The molecular formula is C10H15N5O. The number of rotatable bonds is 4. The summed E-state index contributed by atoms with van der Waals surface area (Å²) in [4.78, 5) is 15.3. The Labute approximate surface area is 92.7 Å². The van der Waals surface area contributed by atoms with Crippen molar-refractivity contribution in [2.45, 2.75) is 20.3 Å². The number of nitrogens with one attached hydrogen (secondary N) is 2. The Morgan fingerprint density at radius 1 is 1.62 bits per heavy atom. The van der Waals surface area contributed by atoms with Crippen LogP contribution in [0.3, 0.4) is 0 Å². The third kappa shape index (κ3) is 2.05. The van der Waals surface area contributed by atoms with E-state index in [9.17, 15) is 4.79 Å². The average Bonchev–Trinajstić information content (AvgIpc) is 2.67. The first-order valence-corrected chi connectivity index (χ1v) is 5.37. The lowest BCUT2D eigenvalue weighted by atomic mass is 10.1. The van der Waals surface area contributed by atoms with Crippen molar-refractivity contribution < 1.29 is 0 Å². The lowest BCUT2D eigenvalue weighted by Gasteiger charge is -2.10. The fraction of sp³-hybridized carbons (Fsp3) is 0.500. The molecule has 1 unspecified atom stereocenters. The molecular weight excluding hydrogens is 206 g/mol. The van der Waals surface area contributed by atoms with Crippen LogP contribution in [0.2, 0.25) is 0 Å². The molecule has 0 bridgehead atoms. The molecule has 0 spiro atoms. The molecule has 6 heteroatoms. The van der Waals surface area contributed by atoms with Gasteiger partial charge >= 0.3 is 5.69 Å². The minimum absolute atomic E-state index is 0.268.